The number of likely N-dealkylation sites (tertiary alicyclic amines) is 2. The fraction of sp³-hybridized carbons (Fsp3) is 0.632. The lowest BCUT2D eigenvalue weighted by Crippen LogP contribution is -2.46. The lowest BCUT2D eigenvalue weighted by Gasteiger charge is -2.33. The van der Waals surface area contributed by atoms with Crippen LogP contribution in [0.2, 0.25) is 0 Å². The van der Waals surface area contributed by atoms with Gasteiger partial charge in [-0.3, -0.25) is 4.79 Å². The summed E-state index contributed by atoms with van der Waals surface area (Å²) in [6.07, 6.45) is -1.93. The summed E-state index contributed by atoms with van der Waals surface area (Å²) >= 11 is 0. The first-order chi connectivity index (χ1) is 12.4. The molecule has 2 aliphatic heterocycles. The average Bonchev–Trinajstić information content (AvgIpc) is 2.94. The molecule has 0 spiro atoms. The number of rotatable bonds is 5. The van der Waals surface area contributed by atoms with Crippen molar-refractivity contribution in [3.05, 3.63) is 35.4 Å². The fourth-order valence-corrected chi connectivity index (χ4v) is 3.93. The lowest BCUT2D eigenvalue weighted by molar-refractivity contribution is -0.139. The van der Waals surface area contributed by atoms with Gasteiger partial charge in [-0.05, 0) is 44.1 Å². The van der Waals surface area contributed by atoms with Crippen LogP contribution in [0.15, 0.2) is 24.3 Å². The van der Waals surface area contributed by atoms with Crippen LogP contribution in [0.4, 0.5) is 13.2 Å². The van der Waals surface area contributed by atoms with E-state index >= 15 is 0 Å². The minimum atomic E-state index is -4.40. The Balaban J connectivity index is 1.58. The summed E-state index contributed by atoms with van der Waals surface area (Å²) in [5.41, 5.74) is -0.499. The van der Waals surface area contributed by atoms with Crippen LogP contribution in [0.1, 0.15) is 37.3 Å². The molecule has 7 heteroatoms. The Morgan fingerprint density at radius 2 is 1.85 bits per heavy atom. The molecular weight excluding hydrogens is 343 g/mol. The van der Waals surface area contributed by atoms with E-state index in [0.29, 0.717) is 19.0 Å². The molecule has 2 aliphatic rings. The topological polar surface area (TPSA) is 35.6 Å². The number of carbonyl (C=O) groups is 1. The second-order valence-corrected chi connectivity index (χ2v) is 7.21. The van der Waals surface area contributed by atoms with Crippen molar-refractivity contribution >= 4 is 5.91 Å². The Morgan fingerprint density at radius 3 is 2.50 bits per heavy atom. The number of hydrogen-bond donors (Lipinski definition) is 1. The van der Waals surface area contributed by atoms with Gasteiger partial charge in [0.1, 0.15) is 0 Å². The molecule has 144 valence electrons. The number of nitrogens with zero attached hydrogens (tertiary/aromatic N) is 2. The van der Waals surface area contributed by atoms with Gasteiger partial charge in [0, 0.05) is 31.6 Å². The van der Waals surface area contributed by atoms with E-state index in [1.807, 2.05) is 0 Å². The van der Waals surface area contributed by atoms with Gasteiger partial charge in [0.2, 0.25) is 5.91 Å². The first-order valence-corrected chi connectivity index (χ1v) is 9.28. The first kappa shape index (κ1) is 19.2. The molecule has 1 unspecified atom stereocenters. The van der Waals surface area contributed by atoms with Gasteiger partial charge < -0.3 is 15.1 Å². The SMILES string of the molecule is CCN1CCC(NC2CC(=O)N(Cc3ccccc3C(F)(F)F)C2)CC1. The predicted octanol–water partition coefficient (Wildman–Crippen LogP) is 2.88. The number of alkyl halides is 3. The van der Waals surface area contributed by atoms with Gasteiger partial charge in [-0.2, -0.15) is 13.2 Å². The van der Waals surface area contributed by atoms with Gasteiger partial charge in [0.05, 0.1) is 5.56 Å². The van der Waals surface area contributed by atoms with Crippen molar-refractivity contribution in [1.29, 1.82) is 0 Å². The van der Waals surface area contributed by atoms with E-state index in [-0.39, 0.29) is 24.1 Å². The molecule has 1 aromatic carbocycles. The zero-order valence-electron chi connectivity index (χ0n) is 15.1. The molecule has 2 saturated heterocycles. The minimum absolute atomic E-state index is 0.0149. The van der Waals surface area contributed by atoms with E-state index in [9.17, 15) is 18.0 Å². The Bertz CT molecular complexity index is 627. The number of carbonyl (C=O) groups excluding carboxylic acids is 1. The summed E-state index contributed by atoms with van der Waals surface area (Å²) in [4.78, 5) is 16.2. The largest absolute Gasteiger partial charge is 0.416 e. The van der Waals surface area contributed by atoms with Crippen LogP contribution in [0, 0.1) is 0 Å². The van der Waals surface area contributed by atoms with Crippen molar-refractivity contribution in [2.75, 3.05) is 26.2 Å². The molecule has 2 heterocycles. The smallest absolute Gasteiger partial charge is 0.337 e. The Labute approximate surface area is 152 Å². The molecule has 0 aromatic heterocycles. The standard InChI is InChI=1S/C19H26F3N3O/c1-2-24-9-7-15(8-10-24)23-16-11-18(26)25(13-16)12-14-5-3-4-6-17(14)19(20,21)22/h3-6,15-16,23H,2,7-13H2,1H3. The Kier molecular flexibility index (Phi) is 5.87. The highest BCUT2D eigenvalue weighted by Crippen LogP contribution is 2.33. The van der Waals surface area contributed by atoms with Crippen LogP contribution in [0.3, 0.4) is 0 Å². The highest BCUT2D eigenvalue weighted by atomic mass is 19.4. The van der Waals surface area contributed by atoms with Gasteiger partial charge in [-0.25, -0.2) is 0 Å². The highest BCUT2D eigenvalue weighted by Gasteiger charge is 2.36. The molecule has 0 saturated carbocycles. The molecule has 0 aliphatic carbocycles. The average molecular weight is 369 g/mol. The normalized spacial score (nSPS) is 23.0. The summed E-state index contributed by atoms with van der Waals surface area (Å²) in [6.45, 7) is 5.80. The van der Waals surface area contributed by atoms with E-state index in [1.54, 1.807) is 11.0 Å². The zero-order valence-corrected chi connectivity index (χ0v) is 15.1. The number of benzene rings is 1. The molecule has 1 aromatic rings. The van der Waals surface area contributed by atoms with Crippen LogP contribution in [-0.2, 0) is 17.5 Å². The summed E-state index contributed by atoms with van der Waals surface area (Å²) in [6, 6.07) is 5.91. The molecule has 2 fully saturated rings. The third-order valence-electron chi connectivity index (χ3n) is 5.40. The molecule has 3 rings (SSSR count). The maximum atomic E-state index is 13.1. The quantitative estimate of drug-likeness (QED) is 0.867. The van der Waals surface area contributed by atoms with Crippen LogP contribution >= 0.6 is 0 Å². The maximum absolute atomic E-state index is 13.1. The van der Waals surface area contributed by atoms with Gasteiger partial charge in [-0.1, -0.05) is 25.1 Å². The molecule has 0 radical (unpaired) electrons. The number of nitrogens with one attached hydrogen (secondary N) is 1. The molecule has 0 bridgehead atoms. The van der Waals surface area contributed by atoms with Crippen LogP contribution in [0.5, 0.6) is 0 Å². The highest BCUT2D eigenvalue weighted by molar-refractivity contribution is 5.79. The number of hydrogen-bond acceptors (Lipinski definition) is 3. The van der Waals surface area contributed by atoms with E-state index in [4.69, 9.17) is 0 Å². The van der Waals surface area contributed by atoms with E-state index < -0.39 is 11.7 Å². The predicted molar refractivity (Wildman–Crippen MR) is 93.5 cm³/mol. The Hall–Kier alpha value is -1.60. The van der Waals surface area contributed by atoms with Crippen molar-refractivity contribution in [3.8, 4) is 0 Å². The van der Waals surface area contributed by atoms with Gasteiger partial charge in [0.15, 0.2) is 0 Å². The van der Waals surface area contributed by atoms with E-state index in [0.717, 1.165) is 38.5 Å². The first-order valence-electron chi connectivity index (χ1n) is 9.28. The van der Waals surface area contributed by atoms with Crippen molar-refractivity contribution in [2.45, 2.75) is 51.0 Å². The second-order valence-electron chi connectivity index (χ2n) is 7.21. The van der Waals surface area contributed by atoms with Crippen molar-refractivity contribution in [2.24, 2.45) is 0 Å². The fourth-order valence-electron chi connectivity index (χ4n) is 3.93. The zero-order chi connectivity index (χ0) is 18.7. The van der Waals surface area contributed by atoms with Crippen molar-refractivity contribution < 1.29 is 18.0 Å². The molecule has 4 nitrogen and oxygen atoms in total. The van der Waals surface area contributed by atoms with Crippen LogP contribution < -0.4 is 5.32 Å². The summed E-state index contributed by atoms with van der Waals surface area (Å²) < 4.78 is 39.4. The number of halogens is 3. The second kappa shape index (κ2) is 7.96. The third kappa shape index (κ3) is 4.57. The minimum Gasteiger partial charge on any atom is -0.337 e. The summed E-state index contributed by atoms with van der Waals surface area (Å²) in [5.74, 6) is -0.0783. The van der Waals surface area contributed by atoms with E-state index in [2.05, 4.69) is 17.1 Å². The van der Waals surface area contributed by atoms with Crippen LogP contribution in [-0.4, -0.2) is 54.0 Å². The third-order valence-corrected chi connectivity index (χ3v) is 5.40. The summed E-state index contributed by atoms with van der Waals surface area (Å²) in [5, 5.41) is 3.54. The van der Waals surface area contributed by atoms with Gasteiger partial charge >= 0.3 is 6.18 Å². The molecular formula is C19H26F3N3O. The molecule has 1 atom stereocenters. The monoisotopic (exact) mass is 369 g/mol. The van der Waals surface area contributed by atoms with Crippen molar-refractivity contribution in [3.63, 3.8) is 0 Å². The van der Waals surface area contributed by atoms with Crippen molar-refractivity contribution in [1.82, 2.24) is 15.1 Å². The summed E-state index contributed by atoms with van der Waals surface area (Å²) in [7, 11) is 0. The van der Waals surface area contributed by atoms with Gasteiger partial charge in [0.25, 0.3) is 0 Å². The maximum Gasteiger partial charge on any atom is 0.416 e. The molecule has 1 N–H and O–H groups in total. The number of amides is 1. The van der Waals surface area contributed by atoms with Gasteiger partial charge in [-0.15, -0.1) is 0 Å². The Morgan fingerprint density at radius 1 is 1.15 bits per heavy atom. The number of piperidine rings is 1. The lowest BCUT2D eigenvalue weighted by atomic mass is 10.0. The molecule has 1 amide bonds. The van der Waals surface area contributed by atoms with Crippen LogP contribution in [0.25, 0.3) is 0 Å². The van der Waals surface area contributed by atoms with E-state index in [1.165, 1.54) is 12.1 Å². The molecule has 26 heavy (non-hydrogen) atoms.